The van der Waals surface area contributed by atoms with Crippen LogP contribution in [0.2, 0.25) is 0 Å². The number of aromatic nitrogens is 1. The zero-order valence-electron chi connectivity index (χ0n) is 7.87. The molecule has 2 N–H and O–H groups in total. The second kappa shape index (κ2) is 4.59. The van der Waals surface area contributed by atoms with E-state index in [9.17, 15) is 9.18 Å². The van der Waals surface area contributed by atoms with E-state index in [0.717, 1.165) is 17.8 Å². The van der Waals surface area contributed by atoms with E-state index in [-0.39, 0.29) is 11.9 Å². The largest absolute Gasteiger partial charge is 0.309 e. The Morgan fingerprint density at radius 3 is 3.13 bits per heavy atom. The Hall–Kier alpha value is -1.14. The van der Waals surface area contributed by atoms with Crippen molar-refractivity contribution in [1.29, 1.82) is 0 Å². The molecule has 1 fully saturated rings. The van der Waals surface area contributed by atoms with E-state index in [1.54, 1.807) is 11.8 Å². The van der Waals surface area contributed by atoms with Gasteiger partial charge in [0.1, 0.15) is 11.6 Å². The third-order valence-electron chi connectivity index (χ3n) is 2.01. The van der Waals surface area contributed by atoms with Crippen LogP contribution in [0.4, 0.5) is 10.2 Å². The fourth-order valence-electron chi connectivity index (χ4n) is 1.23. The molecule has 80 valence electrons. The summed E-state index contributed by atoms with van der Waals surface area (Å²) in [7, 11) is 0. The second-order valence-electron chi connectivity index (χ2n) is 3.12. The number of carbonyl (C=O) groups is 1. The summed E-state index contributed by atoms with van der Waals surface area (Å²) in [5.41, 5.74) is 0. The van der Waals surface area contributed by atoms with Gasteiger partial charge < -0.3 is 5.32 Å². The van der Waals surface area contributed by atoms with Gasteiger partial charge in [-0.3, -0.25) is 10.1 Å². The molecule has 0 aromatic carbocycles. The summed E-state index contributed by atoms with van der Waals surface area (Å²) in [6.45, 7) is 0. The predicted molar refractivity (Wildman–Crippen MR) is 57.1 cm³/mol. The van der Waals surface area contributed by atoms with Gasteiger partial charge in [-0.15, -0.1) is 11.8 Å². The lowest BCUT2D eigenvalue weighted by molar-refractivity contribution is -0.117. The normalized spacial score (nSPS) is 20.2. The smallest absolute Gasteiger partial charge is 0.243 e. The summed E-state index contributed by atoms with van der Waals surface area (Å²) in [4.78, 5) is 15.3. The highest BCUT2D eigenvalue weighted by Gasteiger charge is 2.22. The van der Waals surface area contributed by atoms with Gasteiger partial charge in [-0.1, -0.05) is 0 Å². The Kier molecular flexibility index (Phi) is 3.17. The van der Waals surface area contributed by atoms with Crippen LogP contribution in [0.15, 0.2) is 18.3 Å². The molecule has 0 aliphatic carbocycles. The first-order valence-electron chi connectivity index (χ1n) is 4.49. The molecule has 2 rings (SSSR count). The van der Waals surface area contributed by atoms with Gasteiger partial charge in [0, 0.05) is 11.6 Å². The lowest BCUT2D eigenvalue weighted by Gasteiger charge is -2.09. The van der Waals surface area contributed by atoms with E-state index in [1.165, 1.54) is 12.1 Å². The molecule has 0 saturated carbocycles. The highest BCUT2D eigenvalue weighted by Crippen LogP contribution is 2.11. The van der Waals surface area contributed by atoms with Crippen molar-refractivity contribution in [2.45, 2.75) is 6.04 Å². The molecule has 4 nitrogen and oxygen atoms in total. The average Bonchev–Trinajstić information content (AvgIpc) is 2.74. The summed E-state index contributed by atoms with van der Waals surface area (Å²) < 4.78 is 12.5. The molecular weight excluding hydrogens is 217 g/mol. The van der Waals surface area contributed by atoms with Gasteiger partial charge in [0.05, 0.1) is 12.2 Å². The zero-order valence-corrected chi connectivity index (χ0v) is 8.68. The number of hydrogen-bond donors (Lipinski definition) is 2. The molecule has 1 unspecified atom stereocenters. The monoisotopic (exact) mass is 227 g/mol. The quantitative estimate of drug-likeness (QED) is 0.785. The van der Waals surface area contributed by atoms with Crippen molar-refractivity contribution in [1.82, 2.24) is 10.3 Å². The molecule has 0 radical (unpaired) electrons. The predicted octanol–water partition coefficient (Wildman–Crippen LogP) is 0.822. The molecule has 1 aliphatic heterocycles. The van der Waals surface area contributed by atoms with Gasteiger partial charge in [0.25, 0.3) is 0 Å². The first kappa shape index (κ1) is 10.4. The maximum absolute atomic E-state index is 12.5. The van der Waals surface area contributed by atoms with Crippen molar-refractivity contribution >= 4 is 23.5 Å². The van der Waals surface area contributed by atoms with E-state index in [0.29, 0.717) is 5.82 Å². The minimum Gasteiger partial charge on any atom is -0.309 e. The minimum absolute atomic E-state index is 0.126. The number of nitrogens with zero attached hydrogens (tertiary/aromatic N) is 1. The number of anilines is 1. The van der Waals surface area contributed by atoms with E-state index < -0.39 is 5.82 Å². The number of nitrogens with one attached hydrogen (secondary N) is 2. The van der Waals surface area contributed by atoms with Crippen LogP contribution in [0.25, 0.3) is 0 Å². The zero-order chi connectivity index (χ0) is 10.7. The summed E-state index contributed by atoms with van der Waals surface area (Å²) in [5, 5.41) is 5.66. The number of hydrogen-bond acceptors (Lipinski definition) is 4. The van der Waals surface area contributed by atoms with Crippen molar-refractivity contribution in [3.63, 3.8) is 0 Å². The molecule has 1 atom stereocenters. The number of halogens is 1. The molecule has 1 aliphatic rings. The Balaban J connectivity index is 1.96. The van der Waals surface area contributed by atoms with Gasteiger partial charge in [0.2, 0.25) is 5.91 Å². The van der Waals surface area contributed by atoms with Crippen molar-refractivity contribution in [2.24, 2.45) is 0 Å². The maximum atomic E-state index is 12.5. The van der Waals surface area contributed by atoms with E-state index in [4.69, 9.17) is 0 Å². The van der Waals surface area contributed by atoms with Crippen LogP contribution in [0.1, 0.15) is 0 Å². The van der Waals surface area contributed by atoms with Gasteiger partial charge in [-0.2, -0.15) is 0 Å². The highest BCUT2D eigenvalue weighted by molar-refractivity contribution is 7.99. The van der Waals surface area contributed by atoms with E-state index in [2.05, 4.69) is 15.6 Å². The highest BCUT2D eigenvalue weighted by atomic mass is 32.2. The number of carbonyl (C=O) groups excluding carboxylic acids is 1. The fraction of sp³-hybridized carbons (Fsp3) is 0.333. The molecular formula is C9H10FN3OS. The van der Waals surface area contributed by atoms with Gasteiger partial charge >= 0.3 is 0 Å². The topological polar surface area (TPSA) is 54.0 Å². The van der Waals surface area contributed by atoms with Crippen LogP contribution in [0.3, 0.4) is 0 Å². The molecule has 1 aromatic rings. The van der Waals surface area contributed by atoms with Crippen LogP contribution in [-0.2, 0) is 4.79 Å². The van der Waals surface area contributed by atoms with E-state index >= 15 is 0 Å². The van der Waals surface area contributed by atoms with Crippen LogP contribution >= 0.6 is 11.8 Å². The molecule has 15 heavy (non-hydrogen) atoms. The lowest BCUT2D eigenvalue weighted by Crippen LogP contribution is -2.37. The lowest BCUT2D eigenvalue weighted by atomic mass is 10.3. The number of pyridine rings is 1. The van der Waals surface area contributed by atoms with Crippen molar-refractivity contribution in [3.05, 3.63) is 24.1 Å². The van der Waals surface area contributed by atoms with Gasteiger partial charge in [-0.25, -0.2) is 9.37 Å². The van der Waals surface area contributed by atoms with E-state index in [1.807, 2.05) is 0 Å². The molecule has 1 saturated heterocycles. The molecule has 0 bridgehead atoms. The van der Waals surface area contributed by atoms with Crippen LogP contribution < -0.4 is 10.6 Å². The third-order valence-corrected chi connectivity index (χ3v) is 2.95. The molecule has 2 heterocycles. The van der Waals surface area contributed by atoms with Crippen molar-refractivity contribution in [3.8, 4) is 0 Å². The Morgan fingerprint density at radius 1 is 1.67 bits per heavy atom. The number of thioether (sulfide) groups is 1. The first-order valence-corrected chi connectivity index (χ1v) is 5.65. The summed E-state index contributed by atoms with van der Waals surface area (Å²) in [6, 6.07) is 2.52. The Bertz CT molecular complexity index is 351. The Morgan fingerprint density at radius 2 is 2.53 bits per heavy atom. The van der Waals surface area contributed by atoms with Crippen LogP contribution in [0.5, 0.6) is 0 Å². The average molecular weight is 227 g/mol. The maximum Gasteiger partial charge on any atom is 0.243 e. The second-order valence-corrected chi connectivity index (χ2v) is 4.15. The minimum atomic E-state index is -0.414. The summed E-state index contributed by atoms with van der Waals surface area (Å²) in [5.74, 6) is 1.38. The number of amides is 1. The Labute approximate surface area is 90.7 Å². The standard InChI is InChI=1S/C9H10FN3OS/c10-6-1-2-8(11-3-6)13-9(14)7-4-15-5-12-7/h1-3,7,12H,4-5H2,(H,11,13,14). The SMILES string of the molecule is O=C(Nc1ccc(F)cn1)C1CSCN1. The van der Waals surface area contributed by atoms with Crippen LogP contribution in [-0.4, -0.2) is 28.6 Å². The molecule has 1 amide bonds. The summed E-state index contributed by atoms with van der Waals surface area (Å²) >= 11 is 1.67. The molecule has 0 spiro atoms. The van der Waals surface area contributed by atoms with Gasteiger partial charge in [-0.05, 0) is 12.1 Å². The van der Waals surface area contributed by atoms with Crippen molar-refractivity contribution < 1.29 is 9.18 Å². The first-order chi connectivity index (χ1) is 7.25. The van der Waals surface area contributed by atoms with Crippen molar-refractivity contribution in [2.75, 3.05) is 16.9 Å². The number of rotatable bonds is 2. The fourth-order valence-corrected chi connectivity index (χ4v) is 2.17. The molecule has 1 aromatic heterocycles. The summed E-state index contributed by atoms with van der Waals surface area (Å²) in [6.07, 6.45) is 1.08. The van der Waals surface area contributed by atoms with Gasteiger partial charge in [0.15, 0.2) is 0 Å². The van der Waals surface area contributed by atoms with Crippen LogP contribution in [0, 0.1) is 5.82 Å². The molecule has 6 heteroatoms. The third kappa shape index (κ3) is 2.66.